The van der Waals surface area contributed by atoms with Crippen molar-refractivity contribution in [2.75, 3.05) is 25.6 Å². The second-order valence-electron chi connectivity index (χ2n) is 5.03. The van der Waals surface area contributed by atoms with E-state index in [9.17, 15) is 4.79 Å². The van der Waals surface area contributed by atoms with Crippen molar-refractivity contribution >= 4 is 5.82 Å². The SMILES string of the molecule is Nc1ccn([C@@H]2CO[C@H](COC3CCCCO3)O2)c(=O)n1. The molecule has 0 bridgehead atoms. The van der Waals surface area contributed by atoms with Gasteiger partial charge in [0.25, 0.3) is 0 Å². The molecule has 0 radical (unpaired) electrons. The maximum Gasteiger partial charge on any atom is 0.351 e. The number of hydrogen-bond donors (Lipinski definition) is 1. The molecule has 8 nitrogen and oxygen atoms in total. The Morgan fingerprint density at radius 2 is 2.33 bits per heavy atom. The second-order valence-corrected chi connectivity index (χ2v) is 5.03. The van der Waals surface area contributed by atoms with E-state index in [1.807, 2.05) is 0 Å². The number of hydrogen-bond acceptors (Lipinski definition) is 7. The van der Waals surface area contributed by atoms with Crippen LogP contribution in [0.2, 0.25) is 0 Å². The van der Waals surface area contributed by atoms with Gasteiger partial charge < -0.3 is 24.7 Å². The van der Waals surface area contributed by atoms with E-state index < -0.39 is 18.2 Å². The van der Waals surface area contributed by atoms with E-state index in [0.717, 1.165) is 25.9 Å². The Kier molecular flexibility index (Phi) is 4.49. The lowest BCUT2D eigenvalue weighted by Crippen LogP contribution is -2.30. The topological polar surface area (TPSA) is 97.8 Å². The largest absolute Gasteiger partial charge is 0.383 e. The van der Waals surface area contributed by atoms with Crippen molar-refractivity contribution in [2.45, 2.75) is 38.1 Å². The van der Waals surface area contributed by atoms with Gasteiger partial charge in [0.05, 0.1) is 6.61 Å². The van der Waals surface area contributed by atoms with Gasteiger partial charge in [-0.2, -0.15) is 4.98 Å². The van der Waals surface area contributed by atoms with E-state index in [2.05, 4.69) is 4.98 Å². The van der Waals surface area contributed by atoms with Crippen LogP contribution in [0, 0.1) is 0 Å². The Bertz CT molecular complexity index is 529. The Balaban J connectivity index is 1.51. The molecule has 2 N–H and O–H groups in total. The number of rotatable bonds is 4. The fourth-order valence-corrected chi connectivity index (χ4v) is 2.35. The Labute approximate surface area is 121 Å². The molecular formula is C13H19N3O5. The average Bonchev–Trinajstić information content (AvgIpc) is 2.95. The van der Waals surface area contributed by atoms with E-state index in [4.69, 9.17) is 24.7 Å². The van der Waals surface area contributed by atoms with Gasteiger partial charge in [0.2, 0.25) is 0 Å². The Morgan fingerprint density at radius 3 is 3.10 bits per heavy atom. The van der Waals surface area contributed by atoms with Crippen LogP contribution in [0.1, 0.15) is 25.5 Å². The molecule has 1 aromatic heterocycles. The maximum absolute atomic E-state index is 11.7. The number of aromatic nitrogens is 2. The van der Waals surface area contributed by atoms with Crippen molar-refractivity contribution < 1.29 is 18.9 Å². The third-order valence-electron chi connectivity index (χ3n) is 3.45. The summed E-state index contributed by atoms with van der Waals surface area (Å²) >= 11 is 0. The van der Waals surface area contributed by atoms with Crippen molar-refractivity contribution in [2.24, 2.45) is 0 Å². The van der Waals surface area contributed by atoms with Gasteiger partial charge in [0.15, 0.2) is 18.8 Å². The van der Waals surface area contributed by atoms with E-state index in [0.29, 0.717) is 0 Å². The molecule has 3 atom stereocenters. The van der Waals surface area contributed by atoms with Crippen LogP contribution in [0.4, 0.5) is 5.82 Å². The predicted molar refractivity (Wildman–Crippen MR) is 72.3 cm³/mol. The van der Waals surface area contributed by atoms with E-state index in [1.165, 1.54) is 4.57 Å². The molecule has 3 rings (SSSR count). The minimum absolute atomic E-state index is 0.185. The summed E-state index contributed by atoms with van der Waals surface area (Å²) in [5, 5.41) is 0. The van der Waals surface area contributed by atoms with Crippen LogP contribution < -0.4 is 11.4 Å². The molecule has 2 aliphatic rings. The lowest BCUT2D eigenvalue weighted by atomic mass is 10.2. The molecule has 3 heterocycles. The third kappa shape index (κ3) is 3.59. The molecule has 1 aromatic rings. The Hall–Kier alpha value is -1.48. The molecule has 2 saturated heterocycles. The highest BCUT2D eigenvalue weighted by atomic mass is 16.8. The third-order valence-corrected chi connectivity index (χ3v) is 3.45. The highest BCUT2D eigenvalue weighted by molar-refractivity contribution is 5.23. The molecule has 0 aliphatic carbocycles. The van der Waals surface area contributed by atoms with Gasteiger partial charge in [-0.05, 0) is 25.3 Å². The monoisotopic (exact) mass is 297 g/mol. The summed E-state index contributed by atoms with van der Waals surface area (Å²) in [4.78, 5) is 15.4. The molecule has 2 fully saturated rings. The van der Waals surface area contributed by atoms with Crippen LogP contribution in [0.3, 0.4) is 0 Å². The minimum atomic E-state index is -0.509. The summed E-state index contributed by atoms with van der Waals surface area (Å²) in [7, 11) is 0. The molecule has 8 heteroatoms. The quantitative estimate of drug-likeness (QED) is 0.850. The summed E-state index contributed by atoms with van der Waals surface area (Å²) in [6.45, 7) is 1.27. The van der Waals surface area contributed by atoms with Crippen LogP contribution in [0.15, 0.2) is 17.1 Å². The molecule has 2 aliphatic heterocycles. The van der Waals surface area contributed by atoms with E-state index in [1.54, 1.807) is 12.3 Å². The van der Waals surface area contributed by atoms with Gasteiger partial charge in [-0.3, -0.25) is 4.57 Å². The molecule has 0 spiro atoms. The summed E-state index contributed by atoms with van der Waals surface area (Å²) in [6.07, 6.45) is 3.41. The average molecular weight is 297 g/mol. The van der Waals surface area contributed by atoms with E-state index in [-0.39, 0.29) is 25.3 Å². The van der Waals surface area contributed by atoms with Crippen LogP contribution >= 0.6 is 0 Å². The zero-order valence-electron chi connectivity index (χ0n) is 11.6. The predicted octanol–water partition coefficient (Wildman–Crippen LogP) is 0.240. The molecule has 0 aromatic carbocycles. The molecule has 21 heavy (non-hydrogen) atoms. The smallest absolute Gasteiger partial charge is 0.351 e. The lowest BCUT2D eigenvalue weighted by Gasteiger charge is -2.23. The number of nitrogens with two attached hydrogens (primary N) is 1. The second kappa shape index (κ2) is 6.52. The minimum Gasteiger partial charge on any atom is -0.383 e. The molecule has 0 saturated carbocycles. The van der Waals surface area contributed by atoms with Crippen molar-refractivity contribution in [1.82, 2.24) is 9.55 Å². The first-order valence-electron chi connectivity index (χ1n) is 7.07. The van der Waals surface area contributed by atoms with Gasteiger partial charge in [0.1, 0.15) is 12.4 Å². The first-order chi connectivity index (χ1) is 10.2. The summed E-state index contributed by atoms with van der Waals surface area (Å²) in [6, 6.07) is 1.55. The lowest BCUT2D eigenvalue weighted by molar-refractivity contribution is -0.204. The van der Waals surface area contributed by atoms with E-state index >= 15 is 0 Å². The fourth-order valence-electron chi connectivity index (χ4n) is 2.35. The first-order valence-corrected chi connectivity index (χ1v) is 7.07. The number of nitrogens with zero attached hydrogens (tertiary/aromatic N) is 2. The van der Waals surface area contributed by atoms with Crippen LogP contribution in [0.25, 0.3) is 0 Å². The highest BCUT2D eigenvalue weighted by Gasteiger charge is 2.29. The zero-order chi connectivity index (χ0) is 14.7. The summed E-state index contributed by atoms with van der Waals surface area (Å²) < 4.78 is 23.5. The van der Waals surface area contributed by atoms with Crippen molar-refractivity contribution in [3.8, 4) is 0 Å². The van der Waals surface area contributed by atoms with Crippen molar-refractivity contribution in [1.29, 1.82) is 0 Å². The van der Waals surface area contributed by atoms with Gasteiger partial charge >= 0.3 is 5.69 Å². The van der Waals surface area contributed by atoms with Crippen LogP contribution in [-0.4, -0.2) is 42.0 Å². The normalized spacial score (nSPS) is 29.6. The maximum atomic E-state index is 11.7. The molecule has 116 valence electrons. The number of anilines is 1. The first kappa shape index (κ1) is 14.5. The highest BCUT2D eigenvalue weighted by Crippen LogP contribution is 2.21. The zero-order valence-corrected chi connectivity index (χ0v) is 11.6. The molecular weight excluding hydrogens is 278 g/mol. The van der Waals surface area contributed by atoms with Gasteiger partial charge in [0, 0.05) is 12.8 Å². The van der Waals surface area contributed by atoms with Crippen molar-refractivity contribution in [3.05, 3.63) is 22.7 Å². The molecule has 0 amide bonds. The molecule has 1 unspecified atom stereocenters. The standard InChI is InChI=1S/C13H19N3O5/c14-9-4-5-16(13(17)15-9)10-7-19-12(21-10)8-20-11-3-1-2-6-18-11/h4-5,10-12H,1-3,6-8H2,(H2,14,15,17)/t10-,11?,12-/m0/s1. The van der Waals surface area contributed by atoms with Gasteiger partial charge in [-0.15, -0.1) is 0 Å². The summed E-state index contributed by atoms with van der Waals surface area (Å²) in [5.41, 5.74) is 5.00. The Morgan fingerprint density at radius 1 is 1.43 bits per heavy atom. The number of ether oxygens (including phenoxy) is 4. The van der Waals surface area contributed by atoms with Gasteiger partial charge in [-0.25, -0.2) is 4.79 Å². The number of nitrogen functional groups attached to an aromatic ring is 1. The van der Waals surface area contributed by atoms with Crippen LogP contribution in [-0.2, 0) is 18.9 Å². The van der Waals surface area contributed by atoms with Crippen LogP contribution in [0.5, 0.6) is 0 Å². The van der Waals surface area contributed by atoms with Gasteiger partial charge in [-0.1, -0.05) is 0 Å². The van der Waals surface area contributed by atoms with Crippen molar-refractivity contribution in [3.63, 3.8) is 0 Å². The summed E-state index contributed by atoms with van der Waals surface area (Å²) in [5.74, 6) is 0.185. The fraction of sp³-hybridized carbons (Fsp3) is 0.692.